The number of carbonyl (C=O) groups excluding carboxylic acids is 3. The number of esters is 1. The van der Waals surface area contributed by atoms with Crippen LogP contribution >= 0.6 is 0 Å². The summed E-state index contributed by atoms with van der Waals surface area (Å²) >= 11 is 0. The molecule has 5 nitrogen and oxygen atoms in total. The summed E-state index contributed by atoms with van der Waals surface area (Å²) < 4.78 is 32.3. The quantitative estimate of drug-likeness (QED) is 0.484. The van der Waals surface area contributed by atoms with Crippen LogP contribution < -0.4 is 5.32 Å². The zero-order chi connectivity index (χ0) is 21.7. The molecule has 0 saturated carbocycles. The topological polar surface area (TPSA) is 72.5 Å². The van der Waals surface area contributed by atoms with E-state index in [9.17, 15) is 23.2 Å². The van der Waals surface area contributed by atoms with Crippen LogP contribution in [-0.4, -0.2) is 23.8 Å². The lowest BCUT2D eigenvalue weighted by atomic mass is 10.0. The SMILES string of the molecule is C[C@@H](OC(=O)c1ccc(C(=O)c2ccccc2)cc1)C(=O)Nc1c(F)cccc1F. The fourth-order valence-electron chi connectivity index (χ4n) is 2.64. The Labute approximate surface area is 171 Å². The van der Waals surface area contributed by atoms with Crippen molar-refractivity contribution in [1.82, 2.24) is 0 Å². The van der Waals surface area contributed by atoms with Gasteiger partial charge in [0.05, 0.1) is 5.56 Å². The lowest BCUT2D eigenvalue weighted by molar-refractivity contribution is -0.123. The summed E-state index contributed by atoms with van der Waals surface area (Å²) in [5.74, 6) is -3.79. The Bertz CT molecular complexity index is 1060. The maximum atomic E-state index is 13.6. The number of carbonyl (C=O) groups is 3. The Morgan fingerprint density at radius 3 is 1.90 bits per heavy atom. The van der Waals surface area contributed by atoms with Crippen molar-refractivity contribution in [1.29, 1.82) is 0 Å². The lowest BCUT2D eigenvalue weighted by Gasteiger charge is -2.14. The van der Waals surface area contributed by atoms with Gasteiger partial charge in [0.25, 0.3) is 5.91 Å². The number of benzene rings is 3. The second kappa shape index (κ2) is 9.09. The molecule has 3 aromatic rings. The molecule has 3 aromatic carbocycles. The van der Waals surface area contributed by atoms with Gasteiger partial charge in [-0.25, -0.2) is 13.6 Å². The van der Waals surface area contributed by atoms with Crippen molar-refractivity contribution in [3.63, 3.8) is 0 Å². The van der Waals surface area contributed by atoms with Gasteiger partial charge in [-0.05, 0) is 31.2 Å². The highest BCUT2D eigenvalue weighted by atomic mass is 19.1. The summed E-state index contributed by atoms with van der Waals surface area (Å²) in [7, 11) is 0. The molecular weight excluding hydrogens is 392 g/mol. The number of hydrogen-bond donors (Lipinski definition) is 1. The number of ketones is 1. The van der Waals surface area contributed by atoms with Crippen molar-refractivity contribution >= 4 is 23.3 Å². The number of hydrogen-bond acceptors (Lipinski definition) is 4. The van der Waals surface area contributed by atoms with E-state index < -0.39 is 35.3 Å². The summed E-state index contributed by atoms with van der Waals surface area (Å²) in [5, 5.41) is 2.07. The smallest absolute Gasteiger partial charge is 0.338 e. The highest BCUT2D eigenvalue weighted by molar-refractivity contribution is 6.09. The fraction of sp³-hybridized carbons (Fsp3) is 0.0870. The van der Waals surface area contributed by atoms with Gasteiger partial charge < -0.3 is 10.1 Å². The maximum absolute atomic E-state index is 13.6. The first-order valence-corrected chi connectivity index (χ1v) is 9.02. The second-order valence-corrected chi connectivity index (χ2v) is 6.41. The van der Waals surface area contributed by atoms with Crippen molar-refractivity contribution in [3.8, 4) is 0 Å². The van der Waals surface area contributed by atoms with Gasteiger partial charge in [-0.3, -0.25) is 9.59 Å². The predicted octanol–water partition coefficient (Wildman–Crippen LogP) is 4.38. The molecule has 7 heteroatoms. The molecule has 0 bridgehead atoms. The van der Waals surface area contributed by atoms with E-state index in [0.717, 1.165) is 18.2 Å². The molecule has 30 heavy (non-hydrogen) atoms. The molecule has 0 unspecified atom stereocenters. The van der Waals surface area contributed by atoms with Crippen LogP contribution in [0.25, 0.3) is 0 Å². The van der Waals surface area contributed by atoms with Crippen LogP contribution in [0.1, 0.15) is 33.2 Å². The lowest BCUT2D eigenvalue weighted by Crippen LogP contribution is -2.30. The molecule has 1 amide bonds. The van der Waals surface area contributed by atoms with E-state index in [2.05, 4.69) is 5.32 Å². The Morgan fingerprint density at radius 2 is 1.30 bits per heavy atom. The molecular formula is C23H17F2NO4. The second-order valence-electron chi connectivity index (χ2n) is 6.41. The maximum Gasteiger partial charge on any atom is 0.338 e. The first kappa shape index (κ1) is 20.9. The van der Waals surface area contributed by atoms with Gasteiger partial charge in [0.15, 0.2) is 11.9 Å². The van der Waals surface area contributed by atoms with Crippen LogP contribution in [0.2, 0.25) is 0 Å². The fourth-order valence-corrected chi connectivity index (χ4v) is 2.64. The van der Waals surface area contributed by atoms with Crippen LogP contribution in [-0.2, 0) is 9.53 Å². The van der Waals surface area contributed by atoms with Gasteiger partial charge in [-0.1, -0.05) is 48.5 Å². The Balaban J connectivity index is 1.64. The first-order chi connectivity index (χ1) is 14.4. The zero-order valence-electron chi connectivity index (χ0n) is 15.9. The monoisotopic (exact) mass is 409 g/mol. The molecule has 1 N–H and O–H groups in total. The molecule has 0 aliphatic carbocycles. The van der Waals surface area contributed by atoms with E-state index in [1.807, 2.05) is 0 Å². The third-order valence-electron chi connectivity index (χ3n) is 4.28. The number of halogens is 2. The minimum absolute atomic E-state index is 0.122. The van der Waals surface area contributed by atoms with Crippen LogP contribution in [0.3, 0.4) is 0 Å². The molecule has 0 aromatic heterocycles. The van der Waals surface area contributed by atoms with Crippen molar-refractivity contribution in [2.75, 3.05) is 5.32 Å². The Hall–Kier alpha value is -3.87. The average molecular weight is 409 g/mol. The molecule has 3 rings (SSSR count). The zero-order valence-corrected chi connectivity index (χ0v) is 15.9. The van der Waals surface area contributed by atoms with E-state index in [4.69, 9.17) is 4.74 Å². The van der Waals surface area contributed by atoms with Crippen LogP contribution in [0.4, 0.5) is 14.5 Å². The molecule has 0 spiro atoms. The largest absolute Gasteiger partial charge is 0.449 e. The van der Waals surface area contributed by atoms with Crippen LogP contribution in [0, 0.1) is 11.6 Å². The van der Waals surface area contributed by atoms with Crippen LogP contribution in [0.15, 0.2) is 72.8 Å². The predicted molar refractivity (Wildman–Crippen MR) is 106 cm³/mol. The van der Waals surface area contributed by atoms with Crippen molar-refractivity contribution in [3.05, 3.63) is 101 Å². The summed E-state index contributed by atoms with van der Waals surface area (Å²) in [6.07, 6.45) is -1.30. The van der Waals surface area contributed by atoms with Gasteiger partial charge in [-0.15, -0.1) is 0 Å². The Kier molecular flexibility index (Phi) is 6.32. The molecule has 1 atom stereocenters. The number of rotatable bonds is 6. The normalized spacial score (nSPS) is 11.4. The minimum atomic E-state index is -1.30. The molecule has 152 valence electrons. The average Bonchev–Trinajstić information content (AvgIpc) is 2.76. The molecule has 0 aliphatic rings. The van der Waals surface area contributed by atoms with E-state index in [1.165, 1.54) is 31.2 Å². The van der Waals surface area contributed by atoms with E-state index in [-0.39, 0.29) is 11.3 Å². The third kappa shape index (κ3) is 4.75. The summed E-state index contributed by atoms with van der Waals surface area (Å²) in [6, 6.07) is 17.6. The summed E-state index contributed by atoms with van der Waals surface area (Å²) in [6.45, 7) is 1.28. The summed E-state index contributed by atoms with van der Waals surface area (Å²) in [5.41, 5.74) is 0.405. The number of nitrogens with one attached hydrogen (secondary N) is 1. The highest BCUT2D eigenvalue weighted by Crippen LogP contribution is 2.19. The molecule has 0 saturated heterocycles. The highest BCUT2D eigenvalue weighted by Gasteiger charge is 2.22. The number of para-hydroxylation sites is 1. The van der Waals surface area contributed by atoms with E-state index in [1.54, 1.807) is 30.3 Å². The van der Waals surface area contributed by atoms with E-state index in [0.29, 0.717) is 11.1 Å². The molecule has 0 radical (unpaired) electrons. The van der Waals surface area contributed by atoms with Gasteiger partial charge in [-0.2, -0.15) is 0 Å². The summed E-state index contributed by atoms with van der Waals surface area (Å²) in [4.78, 5) is 36.8. The van der Waals surface area contributed by atoms with Crippen molar-refractivity contribution in [2.45, 2.75) is 13.0 Å². The van der Waals surface area contributed by atoms with E-state index >= 15 is 0 Å². The van der Waals surface area contributed by atoms with Crippen molar-refractivity contribution in [2.24, 2.45) is 0 Å². The molecule has 0 fully saturated rings. The first-order valence-electron chi connectivity index (χ1n) is 9.02. The standard InChI is InChI=1S/C23H17F2NO4/c1-14(22(28)26-20-18(24)8-5-9-19(20)25)30-23(29)17-12-10-16(11-13-17)21(27)15-6-3-2-4-7-15/h2-14H,1H3,(H,26,28)/t14-/m1/s1. The van der Waals surface area contributed by atoms with Crippen molar-refractivity contribution < 1.29 is 27.9 Å². The number of amides is 1. The number of anilines is 1. The molecule has 0 heterocycles. The Morgan fingerprint density at radius 1 is 0.767 bits per heavy atom. The van der Waals surface area contributed by atoms with Gasteiger partial charge >= 0.3 is 5.97 Å². The van der Waals surface area contributed by atoms with Gasteiger partial charge in [0.1, 0.15) is 17.3 Å². The van der Waals surface area contributed by atoms with Gasteiger partial charge in [0, 0.05) is 11.1 Å². The molecule has 0 aliphatic heterocycles. The number of ether oxygens (including phenoxy) is 1. The third-order valence-corrected chi connectivity index (χ3v) is 4.28. The minimum Gasteiger partial charge on any atom is -0.449 e. The van der Waals surface area contributed by atoms with Crippen LogP contribution in [0.5, 0.6) is 0 Å². The van der Waals surface area contributed by atoms with Gasteiger partial charge in [0.2, 0.25) is 0 Å².